The number of nitrogens with zero attached hydrogens (tertiary/aromatic N) is 3. The zero-order chi connectivity index (χ0) is 25.5. The van der Waals surface area contributed by atoms with Gasteiger partial charge in [0.05, 0.1) is 11.3 Å². The fourth-order valence-corrected chi connectivity index (χ4v) is 3.68. The van der Waals surface area contributed by atoms with Crippen LogP contribution >= 0.6 is 0 Å². The second-order valence-corrected chi connectivity index (χ2v) is 8.02. The van der Waals surface area contributed by atoms with Gasteiger partial charge in [0, 0.05) is 30.8 Å². The van der Waals surface area contributed by atoms with Gasteiger partial charge in [0.2, 0.25) is 11.8 Å². The summed E-state index contributed by atoms with van der Waals surface area (Å²) in [5, 5.41) is 8.61. The summed E-state index contributed by atoms with van der Waals surface area (Å²) in [6.07, 6.45) is 3.33. The van der Waals surface area contributed by atoms with E-state index in [0.29, 0.717) is 34.6 Å². The third kappa shape index (κ3) is 5.88. The molecule has 8 nitrogen and oxygen atoms in total. The third-order valence-electron chi connectivity index (χ3n) is 5.50. The van der Waals surface area contributed by atoms with Crippen molar-refractivity contribution in [3.63, 3.8) is 0 Å². The third-order valence-corrected chi connectivity index (χ3v) is 5.50. The summed E-state index contributed by atoms with van der Waals surface area (Å²) in [7, 11) is 1.76. The monoisotopic (exact) mass is 488 g/mol. The van der Waals surface area contributed by atoms with Crippen LogP contribution in [0.25, 0.3) is 22.4 Å². The highest BCUT2D eigenvalue weighted by molar-refractivity contribution is 5.99. The van der Waals surface area contributed by atoms with E-state index >= 15 is 0 Å². The number of carbonyl (C=O) groups excluding carboxylic acids is 1. The van der Waals surface area contributed by atoms with Crippen molar-refractivity contribution in [2.45, 2.75) is 0 Å². The lowest BCUT2D eigenvalue weighted by atomic mass is 10.1. The number of ether oxygens (including phenoxy) is 1. The average Bonchev–Trinajstić information content (AvgIpc) is 2.95. The van der Waals surface area contributed by atoms with Gasteiger partial charge in [0.15, 0.2) is 0 Å². The first kappa shape index (κ1) is 23.5. The number of benzene rings is 3. The number of nitrogens with one attached hydrogen (secondary N) is 3. The van der Waals surface area contributed by atoms with Crippen molar-refractivity contribution in [3.05, 3.63) is 109 Å². The maximum absolute atomic E-state index is 12.5. The smallest absolute Gasteiger partial charge is 0.323 e. The molecule has 3 N–H and O–H groups in total. The van der Waals surface area contributed by atoms with E-state index in [2.05, 4.69) is 30.9 Å². The molecule has 0 aliphatic carbocycles. The van der Waals surface area contributed by atoms with Crippen molar-refractivity contribution in [2.75, 3.05) is 23.0 Å². The lowest BCUT2D eigenvalue weighted by Gasteiger charge is -2.11. The van der Waals surface area contributed by atoms with E-state index in [1.807, 2.05) is 66.7 Å². The van der Waals surface area contributed by atoms with E-state index in [1.54, 1.807) is 49.8 Å². The first-order chi connectivity index (χ1) is 18.2. The normalized spacial score (nSPS) is 10.4. The number of amides is 2. The molecule has 5 aromatic rings. The van der Waals surface area contributed by atoms with Crippen molar-refractivity contribution < 1.29 is 9.53 Å². The molecule has 37 heavy (non-hydrogen) atoms. The molecule has 2 aromatic heterocycles. The molecule has 2 heterocycles. The molecular formula is C29H24N6O2. The summed E-state index contributed by atoms with van der Waals surface area (Å²) in [6.45, 7) is 0. The summed E-state index contributed by atoms with van der Waals surface area (Å²) in [4.78, 5) is 25.5. The quantitative estimate of drug-likeness (QED) is 0.236. The summed E-state index contributed by atoms with van der Waals surface area (Å²) in [5.74, 6) is 1.50. The molecule has 0 spiro atoms. The van der Waals surface area contributed by atoms with Crippen LogP contribution in [0.15, 0.2) is 109 Å². The Labute approximate surface area is 214 Å². The Morgan fingerprint density at radius 3 is 2.08 bits per heavy atom. The van der Waals surface area contributed by atoms with E-state index in [0.717, 1.165) is 16.7 Å². The summed E-state index contributed by atoms with van der Waals surface area (Å²) in [5.41, 5.74) is 4.96. The molecule has 0 saturated heterocycles. The average molecular weight is 489 g/mol. The number of aromatic nitrogens is 3. The van der Waals surface area contributed by atoms with Gasteiger partial charge in [0.25, 0.3) is 0 Å². The first-order valence-corrected chi connectivity index (χ1v) is 11.7. The Bertz CT molecular complexity index is 1490. The van der Waals surface area contributed by atoms with Crippen molar-refractivity contribution in [1.82, 2.24) is 15.0 Å². The first-order valence-electron chi connectivity index (χ1n) is 11.7. The summed E-state index contributed by atoms with van der Waals surface area (Å²) in [6, 6.07) is 30.0. The van der Waals surface area contributed by atoms with Crippen LogP contribution < -0.4 is 20.7 Å². The number of hydrogen-bond donors (Lipinski definition) is 3. The number of rotatable bonds is 7. The zero-order valence-corrected chi connectivity index (χ0v) is 20.1. The predicted octanol–water partition coefficient (Wildman–Crippen LogP) is 6.68. The van der Waals surface area contributed by atoms with Crippen molar-refractivity contribution in [3.8, 4) is 34.0 Å². The second-order valence-electron chi connectivity index (χ2n) is 8.02. The largest absolute Gasteiger partial charge is 0.438 e. The van der Waals surface area contributed by atoms with E-state index in [-0.39, 0.29) is 6.03 Å². The summed E-state index contributed by atoms with van der Waals surface area (Å²) >= 11 is 0. The number of urea groups is 1. The molecule has 0 atom stereocenters. The van der Waals surface area contributed by atoms with Crippen molar-refractivity contribution >= 4 is 23.4 Å². The highest BCUT2D eigenvalue weighted by Gasteiger charge is 2.11. The number of anilines is 3. The SMILES string of the molecule is CNc1nccc(-c2cccnc2Oc2ccc(NC(=O)Nc3ccc(-c4ccccc4)cc3)cc2)n1. The minimum atomic E-state index is -0.336. The fraction of sp³-hybridized carbons (Fsp3) is 0.0345. The van der Waals surface area contributed by atoms with Crippen LogP contribution in [0.5, 0.6) is 11.6 Å². The minimum Gasteiger partial charge on any atom is -0.438 e. The number of carbonyl (C=O) groups is 1. The molecule has 3 aromatic carbocycles. The minimum absolute atomic E-state index is 0.336. The van der Waals surface area contributed by atoms with Gasteiger partial charge < -0.3 is 20.7 Å². The molecule has 0 aliphatic heterocycles. The van der Waals surface area contributed by atoms with Gasteiger partial charge in [-0.15, -0.1) is 0 Å². The van der Waals surface area contributed by atoms with Gasteiger partial charge in [0.1, 0.15) is 5.75 Å². The Balaban J connectivity index is 1.21. The molecule has 8 heteroatoms. The predicted molar refractivity (Wildman–Crippen MR) is 146 cm³/mol. The zero-order valence-electron chi connectivity index (χ0n) is 20.1. The van der Waals surface area contributed by atoms with Crippen LogP contribution in [0.1, 0.15) is 0 Å². The van der Waals surface area contributed by atoms with Gasteiger partial charge in [-0.3, -0.25) is 0 Å². The number of hydrogen-bond acceptors (Lipinski definition) is 6. The molecule has 0 saturated carbocycles. The van der Waals surface area contributed by atoms with E-state index in [4.69, 9.17) is 4.74 Å². The van der Waals surface area contributed by atoms with Crippen LogP contribution in [-0.2, 0) is 0 Å². The van der Waals surface area contributed by atoms with Gasteiger partial charge in [-0.2, -0.15) is 0 Å². The summed E-state index contributed by atoms with van der Waals surface area (Å²) < 4.78 is 6.02. The maximum Gasteiger partial charge on any atom is 0.323 e. The highest BCUT2D eigenvalue weighted by atomic mass is 16.5. The molecule has 182 valence electrons. The van der Waals surface area contributed by atoms with Crippen LogP contribution in [0, 0.1) is 0 Å². The van der Waals surface area contributed by atoms with Crippen molar-refractivity contribution in [1.29, 1.82) is 0 Å². The lowest BCUT2D eigenvalue weighted by molar-refractivity contribution is 0.262. The number of pyridine rings is 1. The Kier molecular flexibility index (Phi) is 6.99. The second kappa shape index (κ2) is 11.0. The fourth-order valence-electron chi connectivity index (χ4n) is 3.68. The highest BCUT2D eigenvalue weighted by Crippen LogP contribution is 2.31. The molecular weight excluding hydrogens is 464 g/mol. The maximum atomic E-state index is 12.5. The van der Waals surface area contributed by atoms with E-state index < -0.39 is 0 Å². The Morgan fingerprint density at radius 2 is 1.38 bits per heavy atom. The van der Waals surface area contributed by atoms with Gasteiger partial charge >= 0.3 is 6.03 Å². The molecule has 0 fully saturated rings. The molecule has 0 unspecified atom stereocenters. The van der Waals surface area contributed by atoms with Crippen LogP contribution in [0.3, 0.4) is 0 Å². The molecule has 2 amide bonds. The molecule has 0 bridgehead atoms. The van der Waals surface area contributed by atoms with E-state index in [9.17, 15) is 4.79 Å². The van der Waals surface area contributed by atoms with E-state index in [1.165, 1.54) is 0 Å². The van der Waals surface area contributed by atoms with Crippen LogP contribution in [0.4, 0.5) is 22.1 Å². The van der Waals surface area contributed by atoms with Gasteiger partial charge in [-0.1, -0.05) is 42.5 Å². The molecule has 5 rings (SSSR count). The Hall–Kier alpha value is -5.24. The van der Waals surface area contributed by atoms with Crippen molar-refractivity contribution in [2.24, 2.45) is 0 Å². The van der Waals surface area contributed by atoms with Crippen LogP contribution in [0.2, 0.25) is 0 Å². The lowest BCUT2D eigenvalue weighted by Crippen LogP contribution is -2.19. The molecule has 0 radical (unpaired) electrons. The standard InChI is InChI=1S/C29H24N6O2/c1-30-28-32-19-17-26(35-28)25-8-5-18-31-27(25)37-24-15-13-23(14-16-24)34-29(36)33-22-11-9-21(10-12-22)20-6-3-2-4-7-20/h2-19H,1H3,(H,30,32,35)(H2,33,34,36). The topological polar surface area (TPSA) is 101 Å². The van der Waals surface area contributed by atoms with Gasteiger partial charge in [-0.05, 0) is 65.7 Å². The van der Waals surface area contributed by atoms with Crippen LogP contribution in [-0.4, -0.2) is 28.0 Å². The Morgan fingerprint density at radius 1 is 0.703 bits per heavy atom. The van der Waals surface area contributed by atoms with Gasteiger partial charge in [-0.25, -0.2) is 19.7 Å². The molecule has 0 aliphatic rings.